The van der Waals surface area contributed by atoms with Crippen LogP contribution in [-0.2, 0) is 4.79 Å². The number of hydrogen-bond donors (Lipinski definition) is 2. The fourth-order valence-corrected chi connectivity index (χ4v) is 3.64. The number of H-pyrrole nitrogens is 1. The number of carbonyl (C=O) groups is 1. The molecule has 1 amide bonds. The van der Waals surface area contributed by atoms with Gasteiger partial charge in [-0.25, -0.2) is 15.0 Å². The van der Waals surface area contributed by atoms with Crippen LogP contribution < -0.4 is 5.32 Å². The quantitative estimate of drug-likeness (QED) is 0.416. The summed E-state index contributed by atoms with van der Waals surface area (Å²) in [5.74, 6) is -0.0629. The van der Waals surface area contributed by atoms with Crippen LogP contribution in [0.25, 0.3) is 22.1 Å². The van der Waals surface area contributed by atoms with Crippen molar-refractivity contribution in [2.24, 2.45) is 0 Å². The Hall–Kier alpha value is -3.00. The van der Waals surface area contributed by atoms with Crippen LogP contribution in [0.2, 0.25) is 0 Å². The summed E-state index contributed by atoms with van der Waals surface area (Å²) in [6, 6.07) is 9.54. The zero-order chi connectivity index (χ0) is 17.9. The first kappa shape index (κ1) is 16.5. The minimum absolute atomic E-state index is 0.0629. The molecule has 8 heteroatoms. The molecule has 130 valence electrons. The van der Waals surface area contributed by atoms with Crippen LogP contribution in [0.1, 0.15) is 13.3 Å². The van der Waals surface area contributed by atoms with E-state index < -0.39 is 0 Å². The van der Waals surface area contributed by atoms with E-state index in [4.69, 9.17) is 0 Å². The number of anilines is 1. The van der Waals surface area contributed by atoms with E-state index in [0.717, 1.165) is 27.1 Å². The summed E-state index contributed by atoms with van der Waals surface area (Å²) in [4.78, 5) is 32.6. The molecule has 0 aliphatic rings. The van der Waals surface area contributed by atoms with E-state index in [1.807, 2.05) is 37.3 Å². The molecule has 0 aliphatic carbocycles. The number of imidazole rings is 1. The number of thioether (sulfide) groups is 1. The van der Waals surface area contributed by atoms with Gasteiger partial charge in [0.2, 0.25) is 5.91 Å². The molecule has 0 aliphatic heterocycles. The van der Waals surface area contributed by atoms with Gasteiger partial charge in [-0.05, 0) is 30.7 Å². The molecule has 1 unspecified atom stereocenters. The van der Waals surface area contributed by atoms with Gasteiger partial charge in [-0.3, -0.25) is 9.78 Å². The van der Waals surface area contributed by atoms with Crippen molar-refractivity contribution in [3.63, 3.8) is 0 Å². The van der Waals surface area contributed by atoms with Gasteiger partial charge in [0.1, 0.15) is 16.9 Å². The molecule has 0 saturated heterocycles. The fraction of sp³-hybridized carbons (Fsp3) is 0.167. The van der Waals surface area contributed by atoms with Crippen molar-refractivity contribution in [2.75, 3.05) is 5.32 Å². The zero-order valence-corrected chi connectivity index (χ0v) is 14.8. The van der Waals surface area contributed by atoms with Crippen molar-refractivity contribution in [3.8, 4) is 0 Å². The third-order valence-corrected chi connectivity index (χ3v) is 5.34. The number of carbonyl (C=O) groups excluding carboxylic acids is 1. The van der Waals surface area contributed by atoms with Gasteiger partial charge in [0.25, 0.3) is 0 Å². The van der Waals surface area contributed by atoms with Gasteiger partial charge in [0.05, 0.1) is 17.1 Å². The fourth-order valence-electron chi connectivity index (χ4n) is 2.67. The SMILES string of the molecule is CCC(Sc1ncnc2nc[nH]c12)C(=O)Nc1ccc2ncccc2c1. The molecule has 0 spiro atoms. The van der Waals surface area contributed by atoms with Crippen LogP contribution in [-0.4, -0.2) is 36.1 Å². The van der Waals surface area contributed by atoms with Crippen molar-refractivity contribution in [1.82, 2.24) is 24.9 Å². The first-order valence-corrected chi connectivity index (χ1v) is 9.09. The maximum Gasteiger partial charge on any atom is 0.237 e. The minimum Gasteiger partial charge on any atom is -0.341 e. The van der Waals surface area contributed by atoms with Crippen LogP contribution in [0.3, 0.4) is 0 Å². The second-order valence-corrected chi connectivity index (χ2v) is 6.89. The molecule has 0 fully saturated rings. The molecule has 4 aromatic rings. The summed E-state index contributed by atoms with van der Waals surface area (Å²) < 4.78 is 0. The van der Waals surface area contributed by atoms with Gasteiger partial charge < -0.3 is 10.3 Å². The number of aromatic nitrogens is 5. The monoisotopic (exact) mass is 364 g/mol. The summed E-state index contributed by atoms with van der Waals surface area (Å²) in [5.41, 5.74) is 3.00. The first-order valence-electron chi connectivity index (χ1n) is 8.21. The Kier molecular flexibility index (Phi) is 4.49. The molecule has 1 aromatic carbocycles. The van der Waals surface area contributed by atoms with E-state index in [1.54, 1.807) is 12.5 Å². The number of pyridine rings is 1. The number of nitrogens with zero attached hydrogens (tertiary/aromatic N) is 4. The minimum atomic E-state index is -0.277. The number of nitrogens with one attached hydrogen (secondary N) is 2. The molecule has 1 atom stereocenters. The van der Waals surface area contributed by atoms with E-state index in [-0.39, 0.29) is 11.2 Å². The molecule has 0 saturated carbocycles. The number of benzene rings is 1. The average molecular weight is 364 g/mol. The topological polar surface area (TPSA) is 96.5 Å². The predicted molar refractivity (Wildman–Crippen MR) is 102 cm³/mol. The van der Waals surface area contributed by atoms with Gasteiger partial charge in [0.15, 0.2) is 5.65 Å². The number of fused-ring (bicyclic) bond motifs is 2. The summed E-state index contributed by atoms with van der Waals surface area (Å²) in [6.07, 6.45) is 5.47. The second-order valence-electron chi connectivity index (χ2n) is 5.69. The first-order chi connectivity index (χ1) is 12.7. The van der Waals surface area contributed by atoms with E-state index in [9.17, 15) is 4.79 Å². The Bertz CT molecular complexity index is 1080. The molecular weight excluding hydrogens is 348 g/mol. The maximum atomic E-state index is 12.7. The summed E-state index contributed by atoms with van der Waals surface area (Å²) in [7, 11) is 0. The van der Waals surface area contributed by atoms with E-state index in [1.165, 1.54) is 18.1 Å². The average Bonchev–Trinajstić information content (AvgIpc) is 3.15. The lowest BCUT2D eigenvalue weighted by molar-refractivity contribution is -0.115. The molecule has 26 heavy (non-hydrogen) atoms. The predicted octanol–water partition coefficient (Wildman–Crippen LogP) is 3.41. The van der Waals surface area contributed by atoms with Crippen molar-refractivity contribution in [2.45, 2.75) is 23.6 Å². The van der Waals surface area contributed by atoms with Crippen molar-refractivity contribution >= 4 is 45.4 Å². The highest BCUT2D eigenvalue weighted by Crippen LogP contribution is 2.29. The van der Waals surface area contributed by atoms with Crippen LogP contribution in [0, 0.1) is 0 Å². The van der Waals surface area contributed by atoms with Crippen LogP contribution in [0.4, 0.5) is 5.69 Å². The zero-order valence-electron chi connectivity index (χ0n) is 14.0. The van der Waals surface area contributed by atoms with Crippen LogP contribution in [0.15, 0.2) is 54.2 Å². The Balaban J connectivity index is 1.54. The molecule has 7 nitrogen and oxygen atoms in total. The van der Waals surface area contributed by atoms with Crippen molar-refractivity contribution in [1.29, 1.82) is 0 Å². The standard InChI is InChI=1S/C18H16N6OS/c1-2-14(26-18-15-16(21-9-20-15)22-10-23-18)17(25)24-12-5-6-13-11(8-12)4-3-7-19-13/h3-10,14H,2H2,1H3,(H,24,25)(H,20,21,22,23). The highest BCUT2D eigenvalue weighted by Gasteiger charge is 2.21. The molecule has 3 aromatic heterocycles. The maximum absolute atomic E-state index is 12.7. The number of amides is 1. The van der Waals surface area contributed by atoms with E-state index in [2.05, 4.69) is 30.2 Å². The van der Waals surface area contributed by atoms with Crippen LogP contribution >= 0.6 is 11.8 Å². The highest BCUT2D eigenvalue weighted by molar-refractivity contribution is 8.00. The van der Waals surface area contributed by atoms with Gasteiger partial charge in [0, 0.05) is 17.3 Å². The Morgan fingerprint density at radius 1 is 1.23 bits per heavy atom. The van der Waals surface area contributed by atoms with Crippen molar-refractivity contribution < 1.29 is 4.79 Å². The van der Waals surface area contributed by atoms with Gasteiger partial charge in [-0.1, -0.05) is 24.8 Å². The highest BCUT2D eigenvalue weighted by atomic mass is 32.2. The number of rotatable bonds is 5. The third kappa shape index (κ3) is 3.23. The van der Waals surface area contributed by atoms with Gasteiger partial charge >= 0.3 is 0 Å². The lowest BCUT2D eigenvalue weighted by atomic mass is 10.2. The molecule has 4 rings (SSSR count). The van der Waals surface area contributed by atoms with E-state index in [0.29, 0.717) is 12.1 Å². The normalized spacial score (nSPS) is 12.3. The lowest BCUT2D eigenvalue weighted by Crippen LogP contribution is -2.24. The summed E-state index contributed by atoms with van der Waals surface area (Å²) in [5, 5.41) is 4.42. The number of hydrogen-bond acceptors (Lipinski definition) is 6. The van der Waals surface area contributed by atoms with Gasteiger partial charge in [-0.2, -0.15) is 0 Å². The Morgan fingerprint density at radius 3 is 3.04 bits per heavy atom. The molecular formula is C18H16N6OS. The van der Waals surface area contributed by atoms with Crippen molar-refractivity contribution in [3.05, 3.63) is 49.2 Å². The third-order valence-electron chi connectivity index (χ3n) is 3.98. The molecule has 0 radical (unpaired) electrons. The summed E-state index contributed by atoms with van der Waals surface area (Å²) >= 11 is 1.41. The second kappa shape index (κ2) is 7.09. The summed E-state index contributed by atoms with van der Waals surface area (Å²) in [6.45, 7) is 1.98. The van der Waals surface area contributed by atoms with Crippen LogP contribution in [0.5, 0.6) is 0 Å². The van der Waals surface area contributed by atoms with Gasteiger partial charge in [-0.15, -0.1) is 0 Å². The number of aromatic amines is 1. The molecule has 0 bridgehead atoms. The molecule has 3 heterocycles. The Morgan fingerprint density at radius 2 is 2.15 bits per heavy atom. The van der Waals surface area contributed by atoms with E-state index >= 15 is 0 Å². The largest absolute Gasteiger partial charge is 0.341 e. The molecule has 2 N–H and O–H groups in total. The lowest BCUT2D eigenvalue weighted by Gasteiger charge is -2.14. The Labute approximate surface area is 153 Å². The smallest absolute Gasteiger partial charge is 0.237 e.